The summed E-state index contributed by atoms with van der Waals surface area (Å²) < 4.78 is 0. The van der Waals surface area contributed by atoms with E-state index < -0.39 is 0 Å². The van der Waals surface area contributed by atoms with Crippen LogP contribution in [0.2, 0.25) is 0 Å². The minimum absolute atomic E-state index is 0.503. The van der Waals surface area contributed by atoms with Gasteiger partial charge < -0.3 is 0 Å². The standard InChI is InChI=1S/C43H27N7/c44-28-29-12-10-20-36(26-29)42-48-40(33-17-8-3-9-18-33)49-43(50-42)37-21-11-19-35(27-37)30-22-24-34(25-23-30)41-46-38(31-13-4-1-5-14-31)45-39(47-41)32-15-6-2-7-16-32/h1-27H. The third-order valence-electron chi connectivity index (χ3n) is 8.21. The molecule has 0 atom stereocenters. The van der Waals surface area contributed by atoms with E-state index in [0.717, 1.165) is 44.5 Å². The predicted molar refractivity (Wildman–Crippen MR) is 196 cm³/mol. The topological polar surface area (TPSA) is 101 Å². The van der Waals surface area contributed by atoms with Crippen molar-refractivity contribution >= 4 is 0 Å². The van der Waals surface area contributed by atoms with E-state index in [-0.39, 0.29) is 0 Å². The van der Waals surface area contributed by atoms with Crippen LogP contribution in [0.1, 0.15) is 5.56 Å². The molecule has 6 aromatic carbocycles. The molecule has 0 aliphatic carbocycles. The zero-order valence-corrected chi connectivity index (χ0v) is 26.7. The van der Waals surface area contributed by atoms with Gasteiger partial charge in [0.2, 0.25) is 0 Å². The highest BCUT2D eigenvalue weighted by Gasteiger charge is 2.15. The third kappa shape index (κ3) is 6.37. The quantitative estimate of drug-likeness (QED) is 0.171. The van der Waals surface area contributed by atoms with Crippen LogP contribution in [-0.2, 0) is 0 Å². The number of nitrogens with zero attached hydrogens (tertiary/aromatic N) is 7. The summed E-state index contributed by atoms with van der Waals surface area (Å²) >= 11 is 0. The van der Waals surface area contributed by atoms with Gasteiger partial charge in [-0.3, -0.25) is 0 Å². The molecule has 8 rings (SSSR count). The summed E-state index contributed by atoms with van der Waals surface area (Å²) in [6.07, 6.45) is 0. The Morgan fingerprint density at radius 1 is 0.280 bits per heavy atom. The predicted octanol–water partition coefficient (Wildman–Crippen LogP) is 9.60. The number of hydrogen-bond acceptors (Lipinski definition) is 7. The van der Waals surface area contributed by atoms with Gasteiger partial charge in [-0.1, -0.05) is 146 Å². The van der Waals surface area contributed by atoms with E-state index >= 15 is 0 Å². The highest BCUT2D eigenvalue weighted by atomic mass is 15.0. The lowest BCUT2D eigenvalue weighted by atomic mass is 10.0. The largest absolute Gasteiger partial charge is 0.208 e. The van der Waals surface area contributed by atoms with Gasteiger partial charge in [0, 0.05) is 33.4 Å². The molecule has 0 aliphatic heterocycles. The maximum atomic E-state index is 9.50. The van der Waals surface area contributed by atoms with E-state index in [1.54, 1.807) is 12.1 Å². The molecule has 0 bridgehead atoms. The van der Waals surface area contributed by atoms with Crippen LogP contribution in [0, 0.1) is 11.3 Å². The Morgan fingerprint density at radius 2 is 0.600 bits per heavy atom. The third-order valence-corrected chi connectivity index (χ3v) is 8.21. The van der Waals surface area contributed by atoms with E-state index in [9.17, 15) is 5.26 Å². The second-order valence-electron chi connectivity index (χ2n) is 11.6. The molecule has 0 unspecified atom stereocenters. The molecule has 0 saturated heterocycles. The summed E-state index contributed by atoms with van der Waals surface area (Å²) in [6.45, 7) is 0. The Bertz CT molecular complexity index is 2420. The van der Waals surface area contributed by atoms with E-state index in [1.165, 1.54) is 0 Å². The van der Waals surface area contributed by atoms with Crippen LogP contribution in [0.5, 0.6) is 0 Å². The van der Waals surface area contributed by atoms with Crippen molar-refractivity contribution in [3.63, 3.8) is 0 Å². The zero-order chi connectivity index (χ0) is 33.7. The average Bonchev–Trinajstić information content (AvgIpc) is 3.21. The Hall–Kier alpha value is -7.17. The molecule has 0 amide bonds. The number of nitriles is 1. The van der Waals surface area contributed by atoms with E-state index in [2.05, 4.69) is 30.3 Å². The van der Waals surface area contributed by atoms with Crippen LogP contribution in [0.15, 0.2) is 164 Å². The first-order valence-corrected chi connectivity index (χ1v) is 16.1. The van der Waals surface area contributed by atoms with E-state index in [0.29, 0.717) is 40.5 Å². The van der Waals surface area contributed by atoms with Crippen molar-refractivity contribution in [3.05, 3.63) is 169 Å². The maximum Gasteiger partial charge on any atom is 0.164 e. The van der Waals surface area contributed by atoms with Gasteiger partial charge >= 0.3 is 0 Å². The summed E-state index contributed by atoms with van der Waals surface area (Å²) in [5.74, 6) is 3.45. The molecule has 2 aromatic heterocycles. The fourth-order valence-electron chi connectivity index (χ4n) is 5.67. The molecule has 234 valence electrons. The van der Waals surface area contributed by atoms with Gasteiger partial charge in [-0.15, -0.1) is 0 Å². The monoisotopic (exact) mass is 641 g/mol. The van der Waals surface area contributed by atoms with Crippen LogP contribution in [-0.4, -0.2) is 29.9 Å². The number of benzene rings is 6. The Morgan fingerprint density at radius 3 is 1.04 bits per heavy atom. The van der Waals surface area contributed by atoms with E-state index in [4.69, 9.17) is 29.9 Å². The van der Waals surface area contributed by atoms with Crippen molar-refractivity contribution in [2.24, 2.45) is 0 Å². The summed E-state index contributed by atoms with van der Waals surface area (Å²) in [6, 6.07) is 55.6. The lowest BCUT2D eigenvalue weighted by Gasteiger charge is -2.10. The van der Waals surface area contributed by atoms with Gasteiger partial charge in [0.25, 0.3) is 0 Å². The summed E-state index contributed by atoms with van der Waals surface area (Å²) in [5.41, 5.74) is 7.79. The Labute approximate surface area is 289 Å². The van der Waals surface area contributed by atoms with Gasteiger partial charge in [-0.25, -0.2) is 29.9 Å². The lowest BCUT2D eigenvalue weighted by molar-refractivity contribution is 1.07. The minimum atomic E-state index is 0.503. The number of hydrogen-bond donors (Lipinski definition) is 0. The number of rotatable bonds is 7. The van der Waals surface area contributed by atoms with Crippen molar-refractivity contribution in [3.8, 4) is 85.5 Å². The molecule has 0 aliphatic rings. The molecular weight excluding hydrogens is 615 g/mol. The highest BCUT2D eigenvalue weighted by molar-refractivity contribution is 5.75. The Balaban J connectivity index is 1.16. The second kappa shape index (κ2) is 13.5. The maximum absolute atomic E-state index is 9.50. The second-order valence-corrected chi connectivity index (χ2v) is 11.6. The normalized spacial score (nSPS) is 10.8. The highest BCUT2D eigenvalue weighted by Crippen LogP contribution is 2.30. The van der Waals surface area contributed by atoms with E-state index in [1.807, 2.05) is 127 Å². The molecule has 50 heavy (non-hydrogen) atoms. The van der Waals surface area contributed by atoms with Crippen molar-refractivity contribution in [1.82, 2.24) is 29.9 Å². The molecule has 0 saturated carbocycles. The van der Waals surface area contributed by atoms with Crippen molar-refractivity contribution in [2.45, 2.75) is 0 Å². The van der Waals surface area contributed by atoms with Gasteiger partial charge in [0.1, 0.15) is 0 Å². The van der Waals surface area contributed by atoms with Gasteiger partial charge in [-0.2, -0.15) is 5.26 Å². The SMILES string of the molecule is N#Cc1cccc(-c2nc(-c3ccccc3)nc(-c3cccc(-c4ccc(-c5nc(-c6ccccc6)nc(-c6ccccc6)n5)cc4)c3)n2)c1. The molecule has 0 N–H and O–H groups in total. The van der Waals surface area contributed by atoms with Gasteiger partial charge in [0.15, 0.2) is 34.9 Å². The first kappa shape index (κ1) is 30.2. The average molecular weight is 642 g/mol. The first-order chi connectivity index (χ1) is 24.7. The summed E-state index contributed by atoms with van der Waals surface area (Å²) in [7, 11) is 0. The molecule has 0 spiro atoms. The summed E-state index contributed by atoms with van der Waals surface area (Å²) in [4.78, 5) is 29.1. The molecule has 8 aromatic rings. The van der Waals surface area contributed by atoms with Gasteiger partial charge in [-0.05, 0) is 29.3 Å². The van der Waals surface area contributed by atoms with Crippen LogP contribution in [0.25, 0.3) is 79.5 Å². The fraction of sp³-hybridized carbons (Fsp3) is 0. The molecule has 0 radical (unpaired) electrons. The Kier molecular flexibility index (Phi) is 8.16. The molecule has 7 nitrogen and oxygen atoms in total. The molecule has 7 heteroatoms. The van der Waals surface area contributed by atoms with Crippen molar-refractivity contribution < 1.29 is 0 Å². The fourth-order valence-corrected chi connectivity index (χ4v) is 5.67. The summed E-state index contributed by atoms with van der Waals surface area (Å²) in [5, 5.41) is 9.50. The lowest BCUT2D eigenvalue weighted by Crippen LogP contribution is -2.00. The molecular formula is C43H27N7. The molecule has 2 heterocycles. The van der Waals surface area contributed by atoms with Crippen molar-refractivity contribution in [1.29, 1.82) is 5.26 Å². The van der Waals surface area contributed by atoms with Crippen LogP contribution in [0.4, 0.5) is 0 Å². The smallest absolute Gasteiger partial charge is 0.164 e. The van der Waals surface area contributed by atoms with Gasteiger partial charge in [0.05, 0.1) is 11.6 Å². The number of aromatic nitrogens is 6. The molecule has 0 fully saturated rings. The van der Waals surface area contributed by atoms with Crippen LogP contribution >= 0.6 is 0 Å². The van der Waals surface area contributed by atoms with Crippen molar-refractivity contribution in [2.75, 3.05) is 0 Å². The van der Waals surface area contributed by atoms with Crippen LogP contribution in [0.3, 0.4) is 0 Å². The minimum Gasteiger partial charge on any atom is -0.208 e. The first-order valence-electron chi connectivity index (χ1n) is 16.1. The zero-order valence-electron chi connectivity index (χ0n) is 26.7. The van der Waals surface area contributed by atoms with Crippen LogP contribution < -0.4 is 0 Å².